The second kappa shape index (κ2) is 9.23. The molecule has 37 heavy (non-hydrogen) atoms. The Morgan fingerprint density at radius 2 is 1.73 bits per heavy atom. The molecule has 2 fully saturated rings. The van der Waals surface area contributed by atoms with Crippen LogP contribution in [0.15, 0.2) is 12.1 Å². The molecule has 2 saturated carbocycles. The summed E-state index contributed by atoms with van der Waals surface area (Å²) in [5, 5.41) is 22.1. The Hall–Kier alpha value is -3.28. The van der Waals surface area contributed by atoms with E-state index >= 15 is 0 Å². The number of aliphatic hydroxyl groups is 1. The topological polar surface area (TPSA) is 175 Å². The number of primary amides is 1. The zero-order valence-electron chi connectivity index (χ0n) is 21.2. The van der Waals surface area contributed by atoms with Gasteiger partial charge in [-0.3, -0.25) is 33.7 Å². The molecular formula is C26H31N3O8. The summed E-state index contributed by atoms with van der Waals surface area (Å²) in [5.74, 6) is -11.4. The van der Waals surface area contributed by atoms with Crippen molar-refractivity contribution in [2.24, 2.45) is 29.4 Å². The highest BCUT2D eigenvalue weighted by Crippen LogP contribution is 2.51. The van der Waals surface area contributed by atoms with Gasteiger partial charge in [0, 0.05) is 24.4 Å². The van der Waals surface area contributed by atoms with E-state index in [1.807, 2.05) is 19.0 Å². The minimum Gasteiger partial charge on any atom is -0.507 e. The van der Waals surface area contributed by atoms with Crippen LogP contribution in [0.5, 0.6) is 5.75 Å². The number of hydrogen-bond donors (Lipinski definition) is 3. The number of phenolic OH excluding ortho intramolecular Hbond substituents is 1. The molecule has 0 heterocycles. The van der Waals surface area contributed by atoms with Gasteiger partial charge in [-0.2, -0.15) is 0 Å². The molecule has 1 amide bonds. The molecule has 6 atom stereocenters. The van der Waals surface area contributed by atoms with Gasteiger partial charge in [0.2, 0.25) is 5.91 Å². The first kappa shape index (κ1) is 26.8. The number of likely N-dealkylation sites (N-methyl/N-ethyl adjacent to an activating group) is 1. The highest BCUT2D eigenvalue weighted by Gasteiger charge is 2.69. The van der Waals surface area contributed by atoms with E-state index < -0.39 is 70.1 Å². The molecule has 0 bridgehead atoms. The molecule has 11 heteroatoms. The lowest BCUT2D eigenvalue weighted by Crippen LogP contribution is -2.74. The summed E-state index contributed by atoms with van der Waals surface area (Å²) in [5.41, 5.74) is 2.94. The maximum Gasteiger partial charge on any atom is 0.235 e. The zero-order chi connectivity index (χ0) is 27.6. The van der Waals surface area contributed by atoms with E-state index in [1.54, 1.807) is 0 Å². The van der Waals surface area contributed by atoms with Crippen molar-refractivity contribution < 1.29 is 39.0 Å². The SMILES string of the molecule is CN(C)CCC(=O)c1ccc(O)c2c1C[C@H]1C[C@H]3[C@@H](N(C)C)C(=O)C(C(N)=O)C(=O)[C@@]3(O)C(=O)C1C2=O. The summed E-state index contributed by atoms with van der Waals surface area (Å²) in [6, 6.07) is 1.50. The lowest BCUT2D eigenvalue weighted by Gasteiger charge is -2.52. The first-order chi connectivity index (χ1) is 17.2. The average molecular weight is 514 g/mol. The number of Topliss-reactive ketones (excluding diaryl/α,β-unsaturated/α-hetero) is 5. The van der Waals surface area contributed by atoms with Crippen LogP contribution in [0.4, 0.5) is 0 Å². The zero-order valence-corrected chi connectivity index (χ0v) is 21.2. The summed E-state index contributed by atoms with van der Waals surface area (Å²) in [6.45, 7) is 0.470. The van der Waals surface area contributed by atoms with E-state index in [1.165, 1.54) is 31.1 Å². The van der Waals surface area contributed by atoms with Crippen molar-refractivity contribution in [2.45, 2.75) is 30.9 Å². The molecule has 0 spiro atoms. The van der Waals surface area contributed by atoms with Crippen molar-refractivity contribution in [3.8, 4) is 5.75 Å². The molecule has 3 aliphatic rings. The number of carbonyl (C=O) groups is 6. The molecule has 198 valence electrons. The van der Waals surface area contributed by atoms with Crippen molar-refractivity contribution in [3.63, 3.8) is 0 Å². The van der Waals surface area contributed by atoms with Crippen LogP contribution in [-0.4, -0.2) is 101 Å². The van der Waals surface area contributed by atoms with Gasteiger partial charge in [0.1, 0.15) is 5.75 Å². The molecule has 11 nitrogen and oxygen atoms in total. The van der Waals surface area contributed by atoms with Gasteiger partial charge in [0.05, 0.1) is 17.5 Å². The normalized spacial score (nSPS) is 31.3. The second-order valence-corrected chi connectivity index (χ2v) is 10.8. The van der Waals surface area contributed by atoms with Crippen LogP contribution in [0, 0.1) is 23.7 Å². The number of aromatic hydroxyl groups is 1. The number of amides is 1. The first-order valence-corrected chi connectivity index (χ1v) is 12.1. The third-order valence-corrected chi connectivity index (χ3v) is 8.03. The Kier molecular flexibility index (Phi) is 6.68. The summed E-state index contributed by atoms with van der Waals surface area (Å²) < 4.78 is 0. The molecule has 0 aromatic heterocycles. The van der Waals surface area contributed by atoms with Crippen LogP contribution in [0.25, 0.3) is 0 Å². The Balaban J connectivity index is 1.82. The summed E-state index contributed by atoms with van der Waals surface area (Å²) >= 11 is 0. The molecule has 4 N–H and O–H groups in total. The standard InChI is InChI=1S/C26H31N3O8/c1-28(2)8-7-15(30)12-5-6-16(31)18-13(12)9-11-10-14-20(29(3)4)22(33)19(25(27)36)24(35)26(14,37)23(34)17(11)21(18)32/h5-6,11,14,17,19-20,31,37H,7-10H2,1-4H3,(H2,27,36)/t11-,14-,17?,19?,20+,26-/m0/s1. The number of phenols is 1. The number of carbonyl (C=O) groups excluding carboxylic acids is 6. The molecule has 3 aliphatic carbocycles. The highest BCUT2D eigenvalue weighted by molar-refractivity contribution is 6.32. The fourth-order valence-electron chi connectivity index (χ4n) is 6.33. The number of benzene rings is 1. The van der Waals surface area contributed by atoms with Crippen LogP contribution in [0.3, 0.4) is 0 Å². The van der Waals surface area contributed by atoms with E-state index in [4.69, 9.17) is 5.73 Å². The fourth-order valence-corrected chi connectivity index (χ4v) is 6.33. The van der Waals surface area contributed by atoms with Crippen molar-refractivity contribution in [1.82, 2.24) is 9.80 Å². The molecule has 1 aromatic rings. The largest absolute Gasteiger partial charge is 0.507 e. The monoisotopic (exact) mass is 513 g/mol. The predicted molar refractivity (Wildman–Crippen MR) is 129 cm³/mol. The van der Waals surface area contributed by atoms with Crippen molar-refractivity contribution in [1.29, 1.82) is 0 Å². The van der Waals surface area contributed by atoms with Gasteiger partial charge in [-0.15, -0.1) is 0 Å². The van der Waals surface area contributed by atoms with Gasteiger partial charge >= 0.3 is 0 Å². The summed E-state index contributed by atoms with van der Waals surface area (Å²) in [6.07, 6.45) is 0.169. The molecule has 1 aromatic carbocycles. The molecular weight excluding hydrogens is 482 g/mol. The summed E-state index contributed by atoms with van der Waals surface area (Å²) in [7, 11) is 6.68. The second-order valence-electron chi connectivity index (χ2n) is 10.8. The van der Waals surface area contributed by atoms with Gasteiger partial charge in [0.25, 0.3) is 0 Å². The number of nitrogens with zero attached hydrogens (tertiary/aromatic N) is 2. The van der Waals surface area contributed by atoms with Crippen LogP contribution in [-0.2, 0) is 25.6 Å². The molecule has 0 radical (unpaired) electrons. The van der Waals surface area contributed by atoms with Gasteiger partial charge in [-0.25, -0.2) is 0 Å². The average Bonchev–Trinajstić information content (AvgIpc) is 2.79. The third-order valence-electron chi connectivity index (χ3n) is 8.03. The number of fused-ring (bicyclic) bond motifs is 3. The van der Waals surface area contributed by atoms with Crippen molar-refractivity contribution >= 4 is 34.8 Å². The van der Waals surface area contributed by atoms with Crippen molar-refractivity contribution in [3.05, 3.63) is 28.8 Å². The maximum absolute atomic E-state index is 13.8. The molecule has 0 saturated heterocycles. The van der Waals surface area contributed by atoms with Crippen LogP contribution in [0.1, 0.15) is 39.1 Å². The Labute approximate surface area is 213 Å². The van der Waals surface area contributed by atoms with E-state index in [9.17, 15) is 39.0 Å². The van der Waals surface area contributed by atoms with E-state index in [-0.39, 0.29) is 36.2 Å². The molecule has 4 rings (SSSR count). The van der Waals surface area contributed by atoms with Crippen molar-refractivity contribution in [2.75, 3.05) is 34.7 Å². The lowest BCUT2D eigenvalue weighted by molar-refractivity contribution is -0.181. The van der Waals surface area contributed by atoms with Gasteiger partial charge < -0.3 is 20.8 Å². The van der Waals surface area contributed by atoms with Crippen LogP contribution < -0.4 is 5.73 Å². The minimum atomic E-state index is -2.77. The quantitative estimate of drug-likeness (QED) is 0.316. The van der Waals surface area contributed by atoms with Crippen LogP contribution in [0.2, 0.25) is 0 Å². The van der Waals surface area contributed by atoms with Gasteiger partial charge in [-0.1, -0.05) is 0 Å². The maximum atomic E-state index is 13.8. The van der Waals surface area contributed by atoms with E-state index in [0.717, 1.165) is 0 Å². The van der Waals surface area contributed by atoms with E-state index in [2.05, 4.69) is 0 Å². The predicted octanol–water partition coefficient (Wildman–Crippen LogP) is -0.999. The number of ketones is 5. The number of hydrogen-bond acceptors (Lipinski definition) is 10. The lowest BCUT2D eigenvalue weighted by atomic mass is 9.52. The van der Waals surface area contributed by atoms with Crippen LogP contribution >= 0.6 is 0 Å². The smallest absolute Gasteiger partial charge is 0.235 e. The Morgan fingerprint density at radius 1 is 1.08 bits per heavy atom. The van der Waals surface area contributed by atoms with E-state index in [0.29, 0.717) is 12.1 Å². The van der Waals surface area contributed by atoms with Gasteiger partial charge in [-0.05, 0) is 64.6 Å². The Morgan fingerprint density at radius 3 is 2.30 bits per heavy atom. The van der Waals surface area contributed by atoms with Gasteiger partial charge in [0.15, 0.2) is 40.4 Å². The minimum absolute atomic E-state index is 0.0588. The third kappa shape index (κ3) is 3.92. The first-order valence-electron chi connectivity index (χ1n) is 12.1. The summed E-state index contributed by atoms with van der Waals surface area (Å²) in [4.78, 5) is 82.1. The number of rotatable bonds is 6. The highest BCUT2D eigenvalue weighted by atomic mass is 16.3. The number of nitrogens with two attached hydrogens (primary N) is 1. The fraction of sp³-hybridized carbons (Fsp3) is 0.538. The molecule has 2 unspecified atom stereocenters. The Bertz CT molecular complexity index is 1240. The molecule has 0 aliphatic heterocycles.